The van der Waals surface area contributed by atoms with E-state index in [1.807, 2.05) is 0 Å². The Morgan fingerprint density at radius 2 is 2.06 bits per heavy atom. The summed E-state index contributed by atoms with van der Waals surface area (Å²) < 4.78 is 10.9. The first-order chi connectivity index (χ1) is 15.3. The number of thioether (sulfide) groups is 1. The lowest BCUT2D eigenvalue weighted by molar-refractivity contribution is -0.384. The summed E-state index contributed by atoms with van der Waals surface area (Å²) in [5.41, 5.74) is 0.384. The van der Waals surface area contributed by atoms with Crippen molar-refractivity contribution in [2.75, 3.05) is 18.7 Å². The zero-order valence-corrected chi connectivity index (χ0v) is 17.9. The van der Waals surface area contributed by atoms with E-state index in [0.29, 0.717) is 20.7 Å². The van der Waals surface area contributed by atoms with Gasteiger partial charge in [-0.1, -0.05) is 30.0 Å². The van der Waals surface area contributed by atoms with Gasteiger partial charge >= 0.3 is 0 Å². The number of rotatable bonds is 6. The number of aromatic hydroxyl groups is 1. The molecule has 0 radical (unpaired) electrons. The molecule has 2 aliphatic rings. The Labute approximate surface area is 190 Å². The summed E-state index contributed by atoms with van der Waals surface area (Å²) in [4.78, 5) is 37.0. The number of hydrogen-bond acceptors (Lipinski definition) is 9. The van der Waals surface area contributed by atoms with E-state index < -0.39 is 10.8 Å². The number of anilines is 1. The van der Waals surface area contributed by atoms with Crippen LogP contribution in [0.15, 0.2) is 41.3 Å². The fourth-order valence-corrected chi connectivity index (χ4v) is 4.32. The van der Waals surface area contributed by atoms with Gasteiger partial charge in [-0.05, 0) is 29.8 Å². The second-order valence-corrected chi connectivity index (χ2v) is 8.38. The van der Waals surface area contributed by atoms with Crippen molar-refractivity contribution in [1.82, 2.24) is 4.90 Å². The topological polar surface area (TPSA) is 131 Å². The first-order valence-electron chi connectivity index (χ1n) is 9.24. The third-order valence-electron chi connectivity index (χ3n) is 4.60. The summed E-state index contributed by atoms with van der Waals surface area (Å²) in [6.07, 6.45) is 1.56. The first-order valence-corrected chi connectivity index (χ1v) is 10.5. The Hall–Kier alpha value is -3.64. The van der Waals surface area contributed by atoms with Crippen LogP contribution in [0.5, 0.6) is 17.2 Å². The van der Waals surface area contributed by atoms with Gasteiger partial charge in [0.1, 0.15) is 10.1 Å². The standard InChI is InChI=1S/C20H15N3O7S2/c24-14-3-2-12(23(27)28)9-13(14)21-18(25)5-6-22-19(26)17(32-20(22)31)8-11-1-4-15-16(7-11)30-10-29-15/h1-4,7-9,24H,5-6,10H2,(H,21,25). The number of nitrogens with one attached hydrogen (secondary N) is 1. The van der Waals surface area contributed by atoms with Crippen molar-refractivity contribution in [2.45, 2.75) is 6.42 Å². The van der Waals surface area contributed by atoms with Gasteiger partial charge in [-0.25, -0.2) is 0 Å². The van der Waals surface area contributed by atoms with E-state index in [1.54, 1.807) is 24.3 Å². The van der Waals surface area contributed by atoms with Crippen LogP contribution in [0.2, 0.25) is 0 Å². The summed E-state index contributed by atoms with van der Waals surface area (Å²) in [5.74, 6) is 0.0604. The number of carbonyl (C=O) groups excluding carboxylic acids is 2. The largest absolute Gasteiger partial charge is 0.506 e. The highest BCUT2D eigenvalue weighted by molar-refractivity contribution is 8.26. The molecule has 32 heavy (non-hydrogen) atoms. The van der Waals surface area contributed by atoms with Crippen LogP contribution < -0.4 is 14.8 Å². The van der Waals surface area contributed by atoms with Crippen LogP contribution in [0, 0.1) is 10.1 Å². The van der Waals surface area contributed by atoms with E-state index in [0.717, 1.165) is 35.5 Å². The van der Waals surface area contributed by atoms with Gasteiger partial charge in [-0.2, -0.15) is 0 Å². The zero-order chi connectivity index (χ0) is 22.8. The predicted octanol–water partition coefficient (Wildman–Crippen LogP) is 3.26. The van der Waals surface area contributed by atoms with Crippen molar-refractivity contribution in [3.63, 3.8) is 0 Å². The molecule has 2 aromatic carbocycles. The Bertz CT molecular complexity index is 1180. The average Bonchev–Trinajstić information content (AvgIpc) is 3.32. The monoisotopic (exact) mass is 473 g/mol. The van der Waals surface area contributed by atoms with Crippen molar-refractivity contribution in [3.8, 4) is 17.2 Å². The molecular weight excluding hydrogens is 458 g/mol. The van der Waals surface area contributed by atoms with Gasteiger partial charge in [0, 0.05) is 25.1 Å². The second-order valence-electron chi connectivity index (χ2n) is 6.70. The van der Waals surface area contributed by atoms with Gasteiger partial charge in [0.25, 0.3) is 11.6 Å². The minimum Gasteiger partial charge on any atom is -0.506 e. The molecule has 0 saturated carbocycles. The number of non-ortho nitro benzene ring substituents is 1. The minimum atomic E-state index is -0.637. The molecule has 10 nitrogen and oxygen atoms in total. The molecule has 0 spiro atoms. The smallest absolute Gasteiger partial charge is 0.271 e. The number of phenolic OH excluding ortho intramolecular Hbond substituents is 1. The number of fused-ring (bicyclic) bond motifs is 1. The van der Waals surface area contributed by atoms with Crippen LogP contribution in [0.3, 0.4) is 0 Å². The fourth-order valence-electron chi connectivity index (χ4n) is 3.01. The number of benzene rings is 2. The highest BCUT2D eigenvalue weighted by Crippen LogP contribution is 2.36. The van der Waals surface area contributed by atoms with E-state index >= 15 is 0 Å². The third-order valence-corrected chi connectivity index (χ3v) is 5.97. The number of phenols is 1. The molecule has 0 bridgehead atoms. The molecule has 2 heterocycles. The summed E-state index contributed by atoms with van der Waals surface area (Å²) in [7, 11) is 0. The van der Waals surface area contributed by atoms with E-state index in [2.05, 4.69) is 5.32 Å². The Kier molecular flexibility index (Phi) is 5.97. The molecule has 1 saturated heterocycles. The highest BCUT2D eigenvalue weighted by Gasteiger charge is 2.32. The number of nitrogens with zero attached hydrogens (tertiary/aromatic N) is 2. The third kappa shape index (κ3) is 4.50. The van der Waals surface area contributed by atoms with E-state index in [-0.39, 0.29) is 42.8 Å². The van der Waals surface area contributed by atoms with Gasteiger partial charge in [-0.3, -0.25) is 24.6 Å². The quantitative estimate of drug-likeness (QED) is 0.213. The zero-order valence-electron chi connectivity index (χ0n) is 16.3. The van der Waals surface area contributed by atoms with Crippen molar-refractivity contribution in [3.05, 3.63) is 57.0 Å². The normalized spacial score (nSPS) is 16.0. The van der Waals surface area contributed by atoms with E-state index in [1.165, 1.54) is 4.90 Å². The van der Waals surface area contributed by atoms with Crippen molar-refractivity contribution >= 4 is 57.6 Å². The van der Waals surface area contributed by atoms with Crippen LogP contribution in [-0.2, 0) is 9.59 Å². The SMILES string of the molecule is O=C(CCN1C(=O)C(=Cc2ccc3c(c2)OCO3)SC1=S)Nc1cc([N+](=O)[O-])ccc1O. The number of nitro benzene ring substituents is 1. The molecule has 164 valence electrons. The maximum Gasteiger partial charge on any atom is 0.271 e. The molecule has 0 unspecified atom stereocenters. The maximum absolute atomic E-state index is 12.7. The lowest BCUT2D eigenvalue weighted by Gasteiger charge is -2.14. The Morgan fingerprint density at radius 1 is 1.28 bits per heavy atom. The molecular formula is C20H15N3O7S2. The number of nitro groups is 1. The predicted molar refractivity (Wildman–Crippen MR) is 120 cm³/mol. The number of carbonyl (C=O) groups is 2. The summed E-state index contributed by atoms with van der Waals surface area (Å²) in [6.45, 7) is 0.168. The van der Waals surface area contributed by atoms with Crippen molar-refractivity contribution < 1.29 is 29.1 Å². The molecule has 2 aliphatic heterocycles. The average molecular weight is 473 g/mol. The molecule has 1 fully saturated rings. The fraction of sp³-hybridized carbons (Fsp3) is 0.150. The van der Waals surface area contributed by atoms with E-state index in [9.17, 15) is 24.8 Å². The first kappa shape index (κ1) is 21.6. The molecule has 0 atom stereocenters. The maximum atomic E-state index is 12.7. The van der Waals surface area contributed by atoms with Gasteiger partial charge < -0.3 is 19.9 Å². The lowest BCUT2D eigenvalue weighted by atomic mass is 10.2. The number of hydrogen-bond donors (Lipinski definition) is 2. The van der Waals surface area contributed by atoms with Gasteiger partial charge in [-0.15, -0.1) is 0 Å². The minimum absolute atomic E-state index is 0.0185. The van der Waals surface area contributed by atoms with Crippen molar-refractivity contribution in [2.24, 2.45) is 0 Å². The molecule has 2 amide bonds. The number of thiocarbonyl (C=S) groups is 1. The lowest BCUT2D eigenvalue weighted by Crippen LogP contribution is -2.31. The molecule has 0 aliphatic carbocycles. The van der Waals surface area contributed by atoms with Gasteiger partial charge in [0.2, 0.25) is 12.7 Å². The molecule has 2 aromatic rings. The Balaban J connectivity index is 1.39. The van der Waals surface area contributed by atoms with Crippen LogP contribution in [0.4, 0.5) is 11.4 Å². The van der Waals surface area contributed by atoms with Gasteiger partial charge in [0.05, 0.1) is 15.5 Å². The second kappa shape index (κ2) is 8.85. The van der Waals surface area contributed by atoms with Gasteiger partial charge in [0.15, 0.2) is 11.5 Å². The van der Waals surface area contributed by atoms with Crippen LogP contribution in [0.25, 0.3) is 6.08 Å². The molecule has 2 N–H and O–H groups in total. The summed E-state index contributed by atoms with van der Waals surface area (Å²) in [5, 5.41) is 23.1. The summed E-state index contributed by atoms with van der Waals surface area (Å²) >= 11 is 6.40. The van der Waals surface area contributed by atoms with Crippen LogP contribution in [-0.4, -0.2) is 44.4 Å². The van der Waals surface area contributed by atoms with E-state index in [4.69, 9.17) is 21.7 Å². The number of amides is 2. The van der Waals surface area contributed by atoms with Crippen LogP contribution >= 0.6 is 24.0 Å². The van der Waals surface area contributed by atoms with Crippen LogP contribution in [0.1, 0.15) is 12.0 Å². The van der Waals surface area contributed by atoms with Crippen molar-refractivity contribution in [1.29, 1.82) is 0 Å². The molecule has 4 rings (SSSR count). The summed E-state index contributed by atoms with van der Waals surface area (Å²) in [6, 6.07) is 8.60. The Morgan fingerprint density at radius 3 is 2.84 bits per heavy atom. The highest BCUT2D eigenvalue weighted by atomic mass is 32.2. The molecule has 0 aromatic heterocycles. The molecule has 12 heteroatoms. The number of ether oxygens (including phenoxy) is 2.